The Morgan fingerprint density at radius 3 is 0.886 bits per heavy atom. The molecule has 0 saturated heterocycles. The van der Waals surface area contributed by atoms with Crippen molar-refractivity contribution in [2.75, 3.05) is 13.2 Å². The van der Waals surface area contributed by atoms with E-state index in [1.54, 1.807) is 0 Å². The molecule has 404 valence electrons. The fourth-order valence-corrected chi connectivity index (χ4v) is 8.47. The second-order valence-electron chi connectivity index (χ2n) is 19.9. The van der Waals surface area contributed by atoms with Crippen molar-refractivity contribution in [2.45, 2.75) is 303 Å². The third kappa shape index (κ3) is 55.8. The van der Waals surface area contributed by atoms with E-state index < -0.39 is 6.10 Å². The van der Waals surface area contributed by atoms with Crippen LogP contribution >= 0.6 is 0 Å². The van der Waals surface area contributed by atoms with Crippen LogP contribution in [0.1, 0.15) is 297 Å². The van der Waals surface area contributed by atoms with Crippen LogP contribution in [0.2, 0.25) is 0 Å². The summed E-state index contributed by atoms with van der Waals surface area (Å²) in [6.45, 7) is 6.48. The zero-order chi connectivity index (χ0) is 50.7. The van der Waals surface area contributed by atoms with Gasteiger partial charge in [-0.3, -0.25) is 14.4 Å². The summed E-state index contributed by atoms with van der Waals surface area (Å²) in [6.07, 6.45) is 75.1. The lowest BCUT2D eigenvalue weighted by molar-refractivity contribution is -0.167. The van der Waals surface area contributed by atoms with Gasteiger partial charge in [0.15, 0.2) is 6.10 Å². The highest BCUT2D eigenvalue weighted by Crippen LogP contribution is 2.16. The van der Waals surface area contributed by atoms with Gasteiger partial charge in [-0.15, -0.1) is 0 Å². The van der Waals surface area contributed by atoms with Crippen LogP contribution < -0.4 is 0 Å². The molecule has 0 aliphatic carbocycles. The number of esters is 3. The van der Waals surface area contributed by atoms with E-state index >= 15 is 0 Å². The number of hydrogen-bond donors (Lipinski definition) is 0. The van der Waals surface area contributed by atoms with Gasteiger partial charge in [-0.2, -0.15) is 0 Å². The van der Waals surface area contributed by atoms with Crippen LogP contribution in [-0.2, 0) is 28.6 Å². The Morgan fingerprint density at radius 2 is 0.557 bits per heavy atom. The molecule has 0 spiro atoms. The minimum Gasteiger partial charge on any atom is -0.462 e. The summed E-state index contributed by atoms with van der Waals surface area (Å²) < 4.78 is 16.8. The summed E-state index contributed by atoms with van der Waals surface area (Å²) in [4.78, 5) is 37.9. The Bertz CT molecular complexity index is 1310. The molecule has 0 bridgehead atoms. The molecule has 0 aromatic heterocycles. The van der Waals surface area contributed by atoms with Gasteiger partial charge in [0, 0.05) is 19.3 Å². The summed E-state index contributed by atoms with van der Waals surface area (Å²) in [5.74, 6) is -0.881. The smallest absolute Gasteiger partial charge is 0.306 e. The predicted octanol–water partition coefficient (Wildman–Crippen LogP) is 20.2. The summed E-state index contributed by atoms with van der Waals surface area (Å²) in [5.41, 5.74) is 0. The molecule has 0 aromatic carbocycles. The first-order valence-electron chi connectivity index (χ1n) is 29.9. The summed E-state index contributed by atoms with van der Waals surface area (Å²) >= 11 is 0. The Labute approximate surface area is 433 Å². The molecule has 0 aromatic rings. The number of carbonyl (C=O) groups is 3. The van der Waals surface area contributed by atoms with E-state index in [-0.39, 0.29) is 31.1 Å². The van der Waals surface area contributed by atoms with Crippen LogP contribution in [0.5, 0.6) is 0 Å². The SMILES string of the molecule is CC/C=C\C/C=C\C/C=C\C/C=C\C/C=C\CCCCCCCCCCCCCCCC(=O)OCC(COC(=O)CCCCCCCC)OC(=O)CCCCCCCCC/C=C\CCCCCCCC. The van der Waals surface area contributed by atoms with Gasteiger partial charge in [0.2, 0.25) is 0 Å². The maximum atomic E-state index is 12.8. The molecular formula is C64H112O6. The fraction of sp³-hybridized carbons (Fsp3) is 0.766. The predicted molar refractivity (Wildman–Crippen MR) is 302 cm³/mol. The van der Waals surface area contributed by atoms with E-state index in [4.69, 9.17) is 14.2 Å². The van der Waals surface area contributed by atoms with E-state index in [9.17, 15) is 14.4 Å². The van der Waals surface area contributed by atoms with Crippen molar-refractivity contribution in [1.29, 1.82) is 0 Å². The molecule has 1 unspecified atom stereocenters. The second kappa shape index (κ2) is 58.4. The lowest BCUT2D eigenvalue weighted by atomic mass is 10.0. The summed E-state index contributed by atoms with van der Waals surface area (Å²) in [5, 5.41) is 0. The maximum absolute atomic E-state index is 12.8. The fourth-order valence-electron chi connectivity index (χ4n) is 8.47. The van der Waals surface area contributed by atoms with Crippen LogP contribution in [0.3, 0.4) is 0 Å². The number of allylic oxidation sites excluding steroid dienone is 12. The van der Waals surface area contributed by atoms with E-state index in [2.05, 4.69) is 93.7 Å². The molecule has 0 heterocycles. The normalized spacial score (nSPS) is 12.6. The minimum atomic E-state index is -0.773. The Hall–Kier alpha value is -3.15. The van der Waals surface area contributed by atoms with Crippen molar-refractivity contribution >= 4 is 17.9 Å². The summed E-state index contributed by atoms with van der Waals surface area (Å²) in [7, 11) is 0. The monoisotopic (exact) mass is 977 g/mol. The molecule has 1 atom stereocenters. The van der Waals surface area contributed by atoms with Crippen molar-refractivity contribution in [2.24, 2.45) is 0 Å². The highest BCUT2D eigenvalue weighted by atomic mass is 16.6. The topological polar surface area (TPSA) is 78.9 Å². The van der Waals surface area contributed by atoms with Gasteiger partial charge in [-0.25, -0.2) is 0 Å². The molecule has 0 radical (unpaired) electrons. The van der Waals surface area contributed by atoms with Crippen LogP contribution in [0.25, 0.3) is 0 Å². The Kier molecular flexibility index (Phi) is 55.8. The highest BCUT2D eigenvalue weighted by Gasteiger charge is 2.19. The molecule has 0 N–H and O–H groups in total. The van der Waals surface area contributed by atoms with Crippen molar-refractivity contribution in [3.63, 3.8) is 0 Å². The molecule has 0 amide bonds. The molecule has 0 fully saturated rings. The maximum Gasteiger partial charge on any atom is 0.306 e. The van der Waals surface area contributed by atoms with Crippen LogP contribution in [0.4, 0.5) is 0 Å². The largest absolute Gasteiger partial charge is 0.462 e. The number of ether oxygens (including phenoxy) is 3. The average Bonchev–Trinajstić information content (AvgIpc) is 3.36. The van der Waals surface area contributed by atoms with Gasteiger partial charge in [0.25, 0.3) is 0 Å². The Balaban J connectivity index is 4.07. The number of hydrogen-bond acceptors (Lipinski definition) is 6. The molecule has 6 nitrogen and oxygen atoms in total. The molecular weight excluding hydrogens is 865 g/mol. The molecule has 0 aliphatic heterocycles. The quantitative estimate of drug-likeness (QED) is 0.0261. The first kappa shape index (κ1) is 66.9. The van der Waals surface area contributed by atoms with Gasteiger partial charge < -0.3 is 14.2 Å². The second-order valence-corrected chi connectivity index (χ2v) is 19.9. The molecule has 0 saturated carbocycles. The zero-order valence-corrected chi connectivity index (χ0v) is 46.3. The third-order valence-corrected chi connectivity index (χ3v) is 12.9. The molecule has 6 heteroatoms. The van der Waals surface area contributed by atoms with Gasteiger partial charge >= 0.3 is 17.9 Å². The standard InChI is InChI=1S/C64H112O6/c1-4-7-10-13-16-18-20-22-24-26-27-28-29-30-31-32-33-34-35-36-37-39-40-42-44-46-48-51-54-57-63(66)69-60-61(59-68-62(65)56-53-50-15-12-9-6-3)70-64(67)58-55-52-49-47-45-43-41-38-25-23-21-19-17-14-11-8-5-2/h7,10,16,18,22-25,27-28,30-31,61H,4-6,8-9,11-15,17,19-21,26,29,32-60H2,1-3H3/b10-7-,18-16-,24-22-,25-23-,28-27-,31-30-. The first-order valence-corrected chi connectivity index (χ1v) is 29.9. The van der Waals surface area contributed by atoms with E-state index in [1.807, 2.05) is 0 Å². The van der Waals surface area contributed by atoms with E-state index in [0.717, 1.165) is 89.9 Å². The number of unbranched alkanes of at least 4 members (excludes halogenated alkanes) is 31. The average molecular weight is 978 g/mol. The minimum absolute atomic E-state index is 0.0750. The van der Waals surface area contributed by atoms with Crippen LogP contribution in [-0.4, -0.2) is 37.2 Å². The van der Waals surface area contributed by atoms with Crippen LogP contribution in [0.15, 0.2) is 72.9 Å². The first-order chi connectivity index (χ1) is 34.5. The van der Waals surface area contributed by atoms with Gasteiger partial charge in [0.1, 0.15) is 13.2 Å². The van der Waals surface area contributed by atoms with Gasteiger partial charge in [-0.05, 0) is 89.9 Å². The highest BCUT2D eigenvalue weighted by molar-refractivity contribution is 5.71. The molecule has 0 aliphatic rings. The summed E-state index contributed by atoms with van der Waals surface area (Å²) in [6, 6.07) is 0. The van der Waals surface area contributed by atoms with Crippen molar-refractivity contribution in [3.8, 4) is 0 Å². The van der Waals surface area contributed by atoms with E-state index in [1.165, 1.54) is 167 Å². The van der Waals surface area contributed by atoms with Gasteiger partial charge in [-0.1, -0.05) is 261 Å². The Morgan fingerprint density at radius 1 is 0.300 bits per heavy atom. The van der Waals surface area contributed by atoms with Crippen molar-refractivity contribution < 1.29 is 28.6 Å². The van der Waals surface area contributed by atoms with Crippen LogP contribution in [0, 0.1) is 0 Å². The molecule has 70 heavy (non-hydrogen) atoms. The number of rotatable bonds is 54. The van der Waals surface area contributed by atoms with Gasteiger partial charge in [0.05, 0.1) is 0 Å². The third-order valence-electron chi connectivity index (χ3n) is 12.9. The lowest BCUT2D eigenvalue weighted by Gasteiger charge is -2.18. The van der Waals surface area contributed by atoms with Crippen molar-refractivity contribution in [1.82, 2.24) is 0 Å². The van der Waals surface area contributed by atoms with E-state index in [0.29, 0.717) is 19.3 Å². The number of carbonyl (C=O) groups excluding carboxylic acids is 3. The lowest BCUT2D eigenvalue weighted by Crippen LogP contribution is -2.30. The molecule has 0 rings (SSSR count). The zero-order valence-electron chi connectivity index (χ0n) is 46.3. The van der Waals surface area contributed by atoms with Crippen molar-refractivity contribution in [3.05, 3.63) is 72.9 Å².